The van der Waals surface area contributed by atoms with Gasteiger partial charge in [-0.3, -0.25) is 4.90 Å². The van der Waals surface area contributed by atoms with Gasteiger partial charge in [0, 0.05) is 24.5 Å². The zero-order valence-corrected chi connectivity index (χ0v) is 8.09. The number of rotatable bonds is 3. The third kappa shape index (κ3) is 1.91. The van der Waals surface area contributed by atoms with Crippen molar-refractivity contribution in [2.24, 2.45) is 0 Å². The van der Waals surface area contributed by atoms with E-state index in [1.165, 1.54) is 0 Å². The summed E-state index contributed by atoms with van der Waals surface area (Å²) in [5, 5.41) is 18.5. The van der Waals surface area contributed by atoms with Gasteiger partial charge in [0.2, 0.25) is 0 Å². The number of likely N-dealkylation sites (tertiary alicyclic amines) is 1. The highest BCUT2D eigenvalue weighted by atomic mass is 35.5. The predicted octanol–water partition coefficient (Wildman–Crippen LogP) is 0.0428. The summed E-state index contributed by atoms with van der Waals surface area (Å²) in [5.41, 5.74) is -0.270. The summed E-state index contributed by atoms with van der Waals surface area (Å²) in [4.78, 5) is 2.05. The molecule has 0 bridgehead atoms. The molecule has 4 heteroatoms. The highest BCUT2D eigenvalue weighted by Crippen LogP contribution is 2.28. The monoisotopic (exact) mass is 193 g/mol. The Morgan fingerprint density at radius 3 is 2.83 bits per heavy atom. The molecule has 2 N–H and O–H groups in total. The minimum Gasteiger partial charge on any atom is -0.394 e. The van der Waals surface area contributed by atoms with Crippen LogP contribution in [0.1, 0.15) is 13.3 Å². The van der Waals surface area contributed by atoms with Crippen molar-refractivity contribution < 1.29 is 10.2 Å². The Hall–Kier alpha value is 0.170. The van der Waals surface area contributed by atoms with E-state index in [1.54, 1.807) is 0 Å². The lowest BCUT2D eigenvalue weighted by atomic mass is 10.00. The highest BCUT2D eigenvalue weighted by Gasteiger charge is 2.40. The van der Waals surface area contributed by atoms with E-state index in [-0.39, 0.29) is 18.2 Å². The average Bonchev–Trinajstić information content (AvgIpc) is 2.29. The second kappa shape index (κ2) is 3.92. The molecule has 1 rings (SSSR count). The molecule has 1 aliphatic heterocycles. The van der Waals surface area contributed by atoms with Crippen LogP contribution in [-0.4, -0.2) is 52.3 Å². The van der Waals surface area contributed by atoms with Gasteiger partial charge in [0.1, 0.15) is 0 Å². The van der Waals surface area contributed by atoms with Crippen LogP contribution in [0.15, 0.2) is 0 Å². The molecule has 1 saturated heterocycles. The summed E-state index contributed by atoms with van der Waals surface area (Å²) >= 11 is 5.61. The number of halogens is 1. The molecule has 0 amide bonds. The first-order chi connectivity index (χ1) is 5.62. The molecule has 1 fully saturated rings. The molecule has 2 unspecified atom stereocenters. The first kappa shape index (κ1) is 10.3. The van der Waals surface area contributed by atoms with E-state index in [2.05, 4.69) is 0 Å². The molecule has 72 valence electrons. The summed E-state index contributed by atoms with van der Waals surface area (Å²) in [5.74, 6) is 0.544. The summed E-state index contributed by atoms with van der Waals surface area (Å²) in [7, 11) is 0. The largest absolute Gasteiger partial charge is 0.394 e. The molecule has 12 heavy (non-hydrogen) atoms. The summed E-state index contributed by atoms with van der Waals surface area (Å²) < 4.78 is 0. The van der Waals surface area contributed by atoms with Crippen LogP contribution < -0.4 is 0 Å². The van der Waals surface area contributed by atoms with Crippen molar-refractivity contribution in [1.29, 1.82) is 0 Å². The molecule has 2 atom stereocenters. The van der Waals surface area contributed by atoms with E-state index in [4.69, 9.17) is 16.7 Å². The van der Waals surface area contributed by atoms with E-state index in [1.807, 2.05) is 11.8 Å². The minimum absolute atomic E-state index is 0.0843. The fourth-order valence-electron chi connectivity index (χ4n) is 1.80. The quantitative estimate of drug-likeness (QED) is 0.623. The fraction of sp³-hybridized carbons (Fsp3) is 1.00. The number of hydrogen-bond acceptors (Lipinski definition) is 3. The topological polar surface area (TPSA) is 43.7 Å². The number of aliphatic hydroxyl groups is 2. The third-order valence-corrected chi connectivity index (χ3v) is 2.73. The fourth-order valence-corrected chi connectivity index (χ4v) is 2.01. The second-order valence-corrected chi connectivity index (χ2v) is 4.03. The molecule has 1 aliphatic rings. The summed E-state index contributed by atoms with van der Waals surface area (Å²) in [6.07, 6.45) is 0.325. The number of hydrogen-bond donors (Lipinski definition) is 2. The lowest BCUT2D eigenvalue weighted by Crippen LogP contribution is -2.45. The van der Waals surface area contributed by atoms with E-state index in [0.717, 1.165) is 6.54 Å². The normalized spacial score (nSPS) is 37.5. The Kier molecular flexibility index (Phi) is 3.35. The third-order valence-electron chi connectivity index (χ3n) is 2.57. The van der Waals surface area contributed by atoms with Crippen LogP contribution in [-0.2, 0) is 0 Å². The molecule has 0 aromatic heterocycles. The van der Waals surface area contributed by atoms with Crippen molar-refractivity contribution >= 4 is 11.6 Å². The first-order valence-electron chi connectivity index (χ1n) is 4.22. The highest BCUT2D eigenvalue weighted by molar-refractivity contribution is 6.18. The zero-order valence-electron chi connectivity index (χ0n) is 7.33. The lowest BCUT2D eigenvalue weighted by Gasteiger charge is -2.32. The van der Waals surface area contributed by atoms with Crippen LogP contribution in [0.4, 0.5) is 0 Å². The van der Waals surface area contributed by atoms with Gasteiger partial charge in [0.05, 0.1) is 12.7 Å². The van der Waals surface area contributed by atoms with E-state index in [9.17, 15) is 5.11 Å². The van der Waals surface area contributed by atoms with Crippen molar-refractivity contribution in [2.75, 3.05) is 25.6 Å². The van der Waals surface area contributed by atoms with Crippen LogP contribution in [0.2, 0.25) is 0 Å². The van der Waals surface area contributed by atoms with Gasteiger partial charge in [-0.2, -0.15) is 0 Å². The molecular formula is C8H16ClNO2. The van der Waals surface area contributed by atoms with Crippen LogP contribution in [0, 0.1) is 0 Å². The molecule has 0 spiro atoms. The van der Waals surface area contributed by atoms with Crippen molar-refractivity contribution in [3.63, 3.8) is 0 Å². The Labute approximate surface area is 77.9 Å². The number of nitrogens with zero attached hydrogens (tertiary/aromatic N) is 1. The molecule has 0 aliphatic carbocycles. The lowest BCUT2D eigenvalue weighted by molar-refractivity contribution is 0.0841. The van der Waals surface area contributed by atoms with Gasteiger partial charge < -0.3 is 10.2 Å². The van der Waals surface area contributed by atoms with Gasteiger partial charge in [-0.05, 0) is 13.3 Å². The predicted molar refractivity (Wildman–Crippen MR) is 48.4 cm³/mol. The van der Waals surface area contributed by atoms with Crippen LogP contribution >= 0.6 is 11.6 Å². The maximum Gasteiger partial charge on any atom is 0.0685 e. The molecule has 0 saturated carbocycles. The Balaban J connectivity index is 2.58. The van der Waals surface area contributed by atoms with Gasteiger partial charge in [-0.25, -0.2) is 0 Å². The Morgan fingerprint density at radius 1 is 1.67 bits per heavy atom. The van der Waals surface area contributed by atoms with Crippen molar-refractivity contribution in [3.8, 4) is 0 Å². The van der Waals surface area contributed by atoms with E-state index >= 15 is 0 Å². The zero-order chi connectivity index (χ0) is 9.19. The second-order valence-electron chi connectivity index (χ2n) is 3.65. The van der Waals surface area contributed by atoms with Gasteiger partial charge in [-0.15, -0.1) is 11.6 Å². The van der Waals surface area contributed by atoms with E-state index in [0.29, 0.717) is 18.8 Å². The van der Waals surface area contributed by atoms with Crippen LogP contribution in [0.3, 0.4) is 0 Å². The smallest absolute Gasteiger partial charge is 0.0685 e. The maximum absolute atomic E-state index is 9.40. The SMILES string of the molecule is CC1(CO)CC(O)CN1CCCl. The van der Waals surface area contributed by atoms with Gasteiger partial charge in [0.15, 0.2) is 0 Å². The molecule has 0 aromatic rings. The van der Waals surface area contributed by atoms with Crippen molar-refractivity contribution in [1.82, 2.24) is 4.90 Å². The Morgan fingerprint density at radius 2 is 2.33 bits per heavy atom. The number of alkyl halides is 1. The van der Waals surface area contributed by atoms with E-state index < -0.39 is 0 Å². The van der Waals surface area contributed by atoms with Gasteiger partial charge in [0.25, 0.3) is 0 Å². The van der Waals surface area contributed by atoms with Gasteiger partial charge in [-0.1, -0.05) is 0 Å². The number of β-amino-alcohol motifs (C(OH)–C–C–N with tert-alkyl or cyclic N) is 1. The average molecular weight is 194 g/mol. The Bertz CT molecular complexity index is 156. The maximum atomic E-state index is 9.40. The first-order valence-corrected chi connectivity index (χ1v) is 4.76. The molecule has 3 nitrogen and oxygen atoms in total. The van der Waals surface area contributed by atoms with Crippen molar-refractivity contribution in [2.45, 2.75) is 25.0 Å². The molecule has 1 heterocycles. The molecule has 0 aromatic carbocycles. The van der Waals surface area contributed by atoms with Crippen LogP contribution in [0.5, 0.6) is 0 Å². The van der Waals surface area contributed by atoms with Crippen LogP contribution in [0.25, 0.3) is 0 Å². The van der Waals surface area contributed by atoms with Crippen molar-refractivity contribution in [3.05, 3.63) is 0 Å². The molecular weight excluding hydrogens is 178 g/mol. The minimum atomic E-state index is -0.314. The molecule has 0 radical (unpaired) electrons. The standard InChI is InChI=1S/C8H16ClNO2/c1-8(6-11)4-7(12)5-10(8)3-2-9/h7,11-12H,2-6H2,1H3. The number of aliphatic hydroxyl groups excluding tert-OH is 2. The van der Waals surface area contributed by atoms with Gasteiger partial charge >= 0.3 is 0 Å². The summed E-state index contributed by atoms with van der Waals surface area (Å²) in [6, 6.07) is 0. The summed E-state index contributed by atoms with van der Waals surface area (Å²) in [6.45, 7) is 3.40.